The maximum atomic E-state index is 2.49. The van der Waals surface area contributed by atoms with Crippen LogP contribution in [0.15, 0.2) is 72.8 Å². The SMILES string of the molecule is Cc1cc(CC2CCC2C)cc(-c2c3c(c(-c4ccccc4)c4ccccc24)=CCCC=3)c1. The Morgan fingerprint density at radius 2 is 1.33 bits per heavy atom. The first-order valence-electron chi connectivity index (χ1n) is 12.6. The molecule has 1 saturated carbocycles. The first-order valence-corrected chi connectivity index (χ1v) is 12.6. The van der Waals surface area contributed by atoms with Crippen molar-refractivity contribution in [1.82, 2.24) is 0 Å². The minimum absolute atomic E-state index is 0.852. The lowest BCUT2D eigenvalue weighted by Gasteiger charge is -2.34. The molecule has 0 heterocycles. The van der Waals surface area contributed by atoms with Gasteiger partial charge in [-0.05, 0) is 93.5 Å². The average molecular weight is 429 g/mol. The van der Waals surface area contributed by atoms with Gasteiger partial charge in [0.15, 0.2) is 0 Å². The van der Waals surface area contributed by atoms with Crippen LogP contribution in [0.25, 0.3) is 45.2 Å². The van der Waals surface area contributed by atoms with E-state index in [4.69, 9.17) is 0 Å². The highest BCUT2D eigenvalue weighted by Crippen LogP contribution is 2.38. The van der Waals surface area contributed by atoms with E-state index >= 15 is 0 Å². The van der Waals surface area contributed by atoms with Gasteiger partial charge in [0.1, 0.15) is 0 Å². The van der Waals surface area contributed by atoms with E-state index in [0.717, 1.165) is 24.7 Å². The van der Waals surface area contributed by atoms with Crippen LogP contribution in [0.5, 0.6) is 0 Å². The number of benzene rings is 4. The third-order valence-corrected chi connectivity index (χ3v) is 7.94. The zero-order valence-electron chi connectivity index (χ0n) is 19.8. The van der Waals surface area contributed by atoms with Crippen molar-refractivity contribution in [1.29, 1.82) is 0 Å². The molecule has 0 spiro atoms. The number of rotatable bonds is 4. The molecule has 0 bridgehead atoms. The summed E-state index contributed by atoms with van der Waals surface area (Å²) in [5, 5.41) is 5.57. The van der Waals surface area contributed by atoms with Crippen molar-refractivity contribution in [3.63, 3.8) is 0 Å². The van der Waals surface area contributed by atoms with Crippen molar-refractivity contribution < 1.29 is 0 Å². The predicted octanol–water partition coefficient (Wildman–Crippen LogP) is 7.43. The van der Waals surface area contributed by atoms with Gasteiger partial charge in [0.25, 0.3) is 0 Å². The van der Waals surface area contributed by atoms with Gasteiger partial charge in [-0.1, -0.05) is 104 Å². The summed E-state index contributed by atoms with van der Waals surface area (Å²) in [6, 6.07) is 27.3. The Bertz CT molecular complexity index is 1460. The summed E-state index contributed by atoms with van der Waals surface area (Å²) in [5.41, 5.74) is 8.38. The van der Waals surface area contributed by atoms with Gasteiger partial charge in [-0.25, -0.2) is 0 Å². The Kier molecular flexibility index (Phi) is 5.18. The van der Waals surface area contributed by atoms with Crippen LogP contribution in [0.2, 0.25) is 0 Å². The van der Waals surface area contributed by atoms with E-state index in [-0.39, 0.29) is 0 Å². The largest absolute Gasteiger partial charge is 0.0757 e. The van der Waals surface area contributed by atoms with E-state index in [1.807, 2.05) is 0 Å². The minimum Gasteiger partial charge on any atom is -0.0757 e. The molecule has 2 atom stereocenters. The normalized spacial score (nSPS) is 19.3. The molecule has 0 heteroatoms. The van der Waals surface area contributed by atoms with Crippen LogP contribution in [0.3, 0.4) is 0 Å². The third kappa shape index (κ3) is 3.62. The highest BCUT2D eigenvalue weighted by atomic mass is 14.3. The number of aryl methyl sites for hydroxylation is 1. The fourth-order valence-electron chi connectivity index (χ4n) is 6.05. The van der Waals surface area contributed by atoms with E-state index in [0.29, 0.717) is 0 Å². The number of fused-ring (bicyclic) bond motifs is 2. The smallest absolute Gasteiger partial charge is 0.00295 e. The molecule has 2 unspecified atom stereocenters. The summed E-state index contributed by atoms with van der Waals surface area (Å²) in [6.07, 6.45) is 11.2. The highest BCUT2D eigenvalue weighted by molar-refractivity contribution is 6.05. The summed E-state index contributed by atoms with van der Waals surface area (Å²) in [7, 11) is 0. The number of hydrogen-bond donors (Lipinski definition) is 0. The molecule has 0 radical (unpaired) electrons. The van der Waals surface area contributed by atoms with Crippen LogP contribution in [0, 0.1) is 18.8 Å². The Labute approximate surface area is 197 Å². The van der Waals surface area contributed by atoms with Crippen LogP contribution in [0.4, 0.5) is 0 Å². The average Bonchev–Trinajstić information content (AvgIpc) is 2.85. The molecule has 4 aromatic rings. The van der Waals surface area contributed by atoms with Crippen LogP contribution in [-0.4, -0.2) is 0 Å². The predicted molar refractivity (Wildman–Crippen MR) is 143 cm³/mol. The zero-order chi connectivity index (χ0) is 22.4. The lowest BCUT2D eigenvalue weighted by atomic mass is 9.71. The summed E-state index contributed by atoms with van der Waals surface area (Å²) in [5.74, 6) is 1.72. The minimum atomic E-state index is 0.852. The van der Waals surface area contributed by atoms with Crippen molar-refractivity contribution >= 4 is 22.9 Å². The van der Waals surface area contributed by atoms with E-state index in [1.165, 1.54) is 73.9 Å². The molecule has 0 N–H and O–H groups in total. The topological polar surface area (TPSA) is 0 Å². The summed E-state index contributed by atoms with van der Waals surface area (Å²) >= 11 is 0. The third-order valence-electron chi connectivity index (χ3n) is 7.94. The molecule has 2 aliphatic rings. The zero-order valence-corrected chi connectivity index (χ0v) is 19.8. The quantitative estimate of drug-likeness (QED) is 0.317. The molecular formula is C33H32. The fourth-order valence-corrected chi connectivity index (χ4v) is 6.05. The van der Waals surface area contributed by atoms with Crippen molar-refractivity contribution in [2.24, 2.45) is 11.8 Å². The highest BCUT2D eigenvalue weighted by Gasteiger charge is 2.27. The second-order valence-corrected chi connectivity index (χ2v) is 10.2. The Morgan fingerprint density at radius 3 is 1.94 bits per heavy atom. The maximum absolute atomic E-state index is 2.49. The van der Waals surface area contributed by atoms with Crippen LogP contribution < -0.4 is 10.4 Å². The molecule has 164 valence electrons. The Balaban J connectivity index is 1.64. The van der Waals surface area contributed by atoms with Crippen molar-refractivity contribution in [3.05, 3.63) is 94.4 Å². The first kappa shape index (κ1) is 20.5. The standard InChI is InChI=1S/C33H32/c1-22-18-24(20-26-17-16-23(26)2)21-27(19-22)33-30-14-8-6-12-28(30)32(25-10-4-3-5-11-25)29-13-7-9-15-31(29)33/h3-6,8,10-15,18-19,21,23,26H,7,9,16-17,20H2,1-2H3. The van der Waals surface area contributed by atoms with E-state index in [1.54, 1.807) is 0 Å². The van der Waals surface area contributed by atoms with E-state index in [2.05, 4.69) is 98.8 Å². The molecule has 0 saturated heterocycles. The molecule has 33 heavy (non-hydrogen) atoms. The van der Waals surface area contributed by atoms with Gasteiger partial charge in [-0.2, -0.15) is 0 Å². The second kappa shape index (κ2) is 8.34. The molecule has 4 aromatic carbocycles. The monoisotopic (exact) mass is 428 g/mol. The van der Waals surface area contributed by atoms with Gasteiger partial charge in [0.2, 0.25) is 0 Å². The second-order valence-electron chi connectivity index (χ2n) is 10.2. The summed E-state index contributed by atoms with van der Waals surface area (Å²) < 4.78 is 0. The molecule has 0 aliphatic heterocycles. The summed E-state index contributed by atoms with van der Waals surface area (Å²) in [4.78, 5) is 0. The van der Waals surface area contributed by atoms with Crippen molar-refractivity contribution in [3.8, 4) is 22.3 Å². The lowest BCUT2D eigenvalue weighted by Crippen LogP contribution is -2.31. The van der Waals surface area contributed by atoms with E-state index < -0.39 is 0 Å². The van der Waals surface area contributed by atoms with Crippen molar-refractivity contribution in [2.75, 3.05) is 0 Å². The van der Waals surface area contributed by atoms with E-state index in [9.17, 15) is 0 Å². The maximum Gasteiger partial charge on any atom is -0.00295 e. The van der Waals surface area contributed by atoms with Gasteiger partial charge in [-0.3, -0.25) is 0 Å². The number of hydrogen-bond acceptors (Lipinski definition) is 0. The van der Waals surface area contributed by atoms with Gasteiger partial charge in [-0.15, -0.1) is 0 Å². The fraction of sp³-hybridized carbons (Fsp3) is 0.273. The summed E-state index contributed by atoms with van der Waals surface area (Å²) in [6.45, 7) is 4.68. The van der Waals surface area contributed by atoms with Crippen molar-refractivity contribution in [2.45, 2.75) is 46.0 Å². The van der Waals surface area contributed by atoms with Gasteiger partial charge < -0.3 is 0 Å². The van der Waals surface area contributed by atoms with Gasteiger partial charge in [0, 0.05) is 0 Å². The van der Waals surface area contributed by atoms with Crippen LogP contribution in [0.1, 0.15) is 43.7 Å². The van der Waals surface area contributed by atoms with Crippen LogP contribution in [-0.2, 0) is 6.42 Å². The lowest BCUT2D eigenvalue weighted by molar-refractivity contribution is 0.196. The molecule has 0 amide bonds. The molecular weight excluding hydrogens is 396 g/mol. The van der Waals surface area contributed by atoms with Crippen LogP contribution >= 0.6 is 0 Å². The molecule has 1 fully saturated rings. The Hall–Kier alpha value is -3.12. The molecule has 0 aromatic heterocycles. The molecule has 0 nitrogen and oxygen atoms in total. The van der Waals surface area contributed by atoms with Gasteiger partial charge in [0.05, 0.1) is 0 Å². The Morgan fingerprint density at radius 1 is 0.697 bits per heavy atom. The molecule has 6 rings (SSSR count). The molecule has 2 aliphatic carbocycles. The first-order chi connectivity index (χ1) is 16.2. The van der Waals surface area contributed by atoms with Gasteiger partial charge >= 0.3 is 0 Å².